The van der Waals surface area contributed by atoms with Crippen LogP contribution in [0.15, 0.2) is 48.7 Å². The smallest absolute Gasteiger partial charge is 0.383 e. The van der Waals surface area contributed by atoms with Crippen molar-refractivity contribution < 1.29 is 27.5 Å². The molecular weight excluding hydrogens is 454 g/mol. The van der Waals surface area contributed by atoms with Crippen molar-refractivity contribution in [1.82, 2.24) is 14.5 Å². The number of nitrogens with one attached hydrogen (secondary N) is 1. The van der Waals surface area contributed by atoms with E-state index >= 15 is 4.39 Å². The standard InChI is InChI=1S/C23H19F4N5O2/c1-11-29-20(28)18-15(10-32(2)21(18)30-11)13-8-7-12(9-17(13)24)31-22(34)19(33)14-5-3-4-6-16(14)23(25,26)27/h3-10,19,33H,1-2H3,(H,31,34)(H2,28,29,30). The second-order valence-electron chi connectivity index (χ2n) is 7.68. The highest BCUT2D eigenvalue weighted by molar-refractivity contribution is 6.01. The van der Waals surface area contributed by atoms with Crippen LogP contribution in [0.5, 0.6) is 0 Å². The fourth-order valence-corrected chi connectivity index (χ4v) is 3.77. The third kappa shape index (κ3) is 4.17. The number of halogens is 4. The van der Waals surface area contributed by atoms with Gasteiger partial charge >= 0.3 is 6.18 Å². The number of aryl methyl sites for hydroxylation is 2. The number of fused-ring (bicyclic) bond motifs is 1. The lowest BCUT2D eigenvalue weighted by atomic mass is 10.0. The van der Waals surface area contributed by atoms with Gasteiger partial charge in [-0.15, -0.1) is 0 Å². The first-order valence-corrected chi connectivity index (χ1v) is 10.0. The molecule has 2 aromatic carbocycles. The number of hydrogen-bond acceptors (Lipinski definition) is 5. The normalized spacial score (nSPS) is 12.7. The van der Waals surface area contributed by atoms with E-state index in [4.69, 9.17) is 5.73 Å². The van der Waals surface area contributed by atoms with Gasteiger partial charge in [-0.1, -0.05) is 18.2 Å². The Bertz CT molecular complexity index is 1410. The van der Waals surface area contributed by atoms with Crippen molar-refractivity contribution in [3.8, 4) is 11.1 Å². The van der Waals surface area contributed by atoms with Crippen LogP contribution in [0.25, 0.3) is 22.2 Å². The van der Waals surface area contributed by atoms with Gasteiger partial charge in [0.1, 0.15) is 23.1 Å². The number of hydrogen-bond donors (Lipinski definition) is 3. The molecule has 0 aliphatic carbocycles. The van der Waals surface area contributed by atoms with Crippen LogP contribution in [0.2, 0.25) is 0 Å². The number of aliphatic hydroxyl groups is 1. The predicted molar refractivity (Wildman–Crippen MR) is 118 cm³/mol. The molecule has 0 bridgehead atoms. The monoisotopic (exact) mass is 473 g/mol. The van der Waals surface area contributed by atoms with Crippen molar-refractivity contribution >= 4 is 28.4 Å². The Labute approximate surface area is 190 Å². The Morgan fingerprint density at radius 1 is 1.15 bits per heavy atom. The molecule has 34 heavy (non-hydrogen) atoms. The van der Waals surface area contributed by atoms with Crippen LogP contribution in [0.4, 0.5) is 29.1 Å². The van der Waals surface area contributed by atoms with Crippen molar-refractivity contribution in [2.75, 3.05) is 11.1 Å². The number of alkyl halides is 3. The number of benzene rings is 2. The largest absolute Gasteiger partial charge is 0.416 e. The molecule has 2 aromatic heterocycles. The Morgan fingerprint density at radius 2 is 1.85 bits per heavy atom. The summed E-state index contributed by atoms with van der Waals surface area (Å²) in [7, 11) is 1.73. The highest BCUT2D eigenvalue weighted by Crippen LogP contribution is 2.36. The molecule has 0 radical (unpaired) electrons. The van der Waals surface area contributed by atoms with E-state index in [0.717, 1.165) is 24.3 Å². The Hall–Kier alpha value is -3.99. The molecule has 0 saturated heterocycles. The van der Waals surface area contributed by atoms with Crippen molar-refractivity contribution in [2.45, 2.75) is 19.2 Å². The third-order valence-electron chi connectivity index (χ3n) is 5.29. The zero-order valence-electron chi connectivity index (χ0n) is 18.0. The molecule has 1 amide bonds. The molecular formula is C23H19F4N5O2. The van der Waals surface area contributed by atoms with Crippen LogP contribution in [-0.2, 0) is 18.0 Å². The minimum atomic E-state index is -4.76. The fourth-order valence-electron chi connectivity index (χ4n) is 3.77. The molecule has 7 nitrogen and oxygen atoms in total. The molecule has 0 aliphatic heterocycles. The van der Waals surface area contributed by atoms with E-state index in [-0.39, 0.29) is 17.1 Å². The third-order valence-corrected chi connectivity index (χ3v) is 5.29. The summed E-state index contributed by atoms with van der Waals surface area (Å²) in [4.78, 5) is 20.9. The molecule has 2 heterocycles. The van der Waals surface area contributed by atoms with E-state index < -0.39 is 35.1 Å². The molecule has 0 spiro atoms. The van der Waals surface area contributed by atoms with Crippen molar-refractivity contribution in [3.63, 3.8) is 0 Å². The quantitative estimate of drug-likeness (QED) is 0.382. The summed E-state index contributed by atoms with van der Waals surface area (Å²) in [5.41, 5.74) is 5.36. The summed E-state index contributed by atoms with van der Waals surface area (Å²) in [6.07, 6.45) is -5.23. The maximum Gasteiger partial charge on any atom is 0.416 e. The van der Waals surface area contributed by atoms with Crippen LogP contribution in [0.3, 0.4) is 0 Å². The summed E-state index contributed by atoms with van der Waals surface area (Å²) >= 11 is 0. The topological polar surface area (TPSA) is 106 Å². The SMILES string of the molecule is Cc1nc(N)c2c(-c3ccc(NC(=O)C(O)c4ccccc4C(F)(F)F)cc3F)cn(C)c2n1. The van der Waals surface area contributed by atoms with E-state index in [9.17, 15) is 23.1 Å². The van der Waals surface area contributed by atoms with Crippen molar-refractivity contribution in [3.05, 3.63) is 71.4 Å². The molecule has 0 aliphatic rings. The first kappa shape index (κ1) is 23.2. The van der Waals surface area contributed by atoms with Gasteiger partial charge in [-0.25, -0.2) is 14.4 Å². The summed E-state index contributed by atoms with van der Waals surface area (Å²) < 4.78 is 56.3. The van der Waals surface area contributed by atoms with Gasteiger partial charge in [-0.3, -0.25) is 4.79 Å². The minimum Gasteiger partial charge on any atom is -0.383 e. The lowest BCUT2D eigenvalue weighted by Gasteiger charge is -2.17. The van der Waals surface area contributed by atoms with E-state index in [0.29, 0.717) is 22.4 Å². The second-order valence-corrected chi connectivity index (χ2v) is 7.68. The van der Waals surface area contributed by atoms with E-state index in [1.165, 1.54) is 18.2 Å². The van der Waals surface area contributed by atoms with Crippen LogP contribution in [0, 0.1) is 12.7 Å². The Kier molecular flexibility index (Phi) is 5.74. The summed E-state index contributed by atoms with van der Waals surface area (Å²) in [6.45, 7) is 1.68. The van der Waals surface area contributed by atoms with Gasteiger partial charge in [0.2, 0.25) is 0 Å². The van der Waals surface area contributed by atoms with Crippen molar-refractivity contribution in [1.29, 1.82) is 0 Å². The van der Waals surface area contributed by atoms with E-state index in [1.807, 2.05) is 0 Å². The van der Waals surface area contributed by atoms with Gasteiger partial charge in [0.15, 0.2) is 6.10 Å². The number of rotatable bonds is 4. The first-order valence-electron chi connectivity index (χ1n) is 10.0. The first-order chi connectivity index (χ1) is 16.0. The number of nitrogens with two attached hydrogens (primary N) is 1. The molecule has 1 unspecified atom stereocenters. The molecule has 176 valence electrons. The van der Waals surface area contributed by atoms with Crippen LogP contribution >= 0.6 is 0 Å². The lowest BCUT2D eigenvalue weighted by molar-refractivity contribution is -0.140. The van der Waals surface area contributed by atoms with Crippen LogP contribution in [-0.4, -0.2) is 25.5 Å². The lowest BCUT2D eigenvalue weighted by Crippen LogP contribution is -2.23. The molecule has 4 aromatic rings. The Balaban J connectivity index is 1.63. The Morgan fingerprint density at radius 3 is 2.53 bits per heavy atom. The summed E-state index contributed by atoms with van der Waals surface area (Å²) in [5, 5.41) is 12.9. The number of carbonyl (C=O) groups excluding carboxylic acids is 1. The number of amides is 1. The number of nitrogens with zero attached hydrogens (tertiary/aromatic N) is 3. The van der Waals surface area contributed by atoms with Gasteiger partial charge in [0.25, 0.3) is 5.91 Å². The number of aliphatic hydroxyl groups excluding tert-OH is 1. The van der Waals surface area contributed by atoms with Crippen LogP contribution in [0.1, 0.15) is 23.1 Å². The molecule has 1 atom stereocenters. The minimum absolute atomic E-state index is 0.0462. The number of nitrogen functional groups attached to an aromatic ring is 1. The van der Waals surface area contributed by atoms with Crippen LogP contribution < -0.4 is 11.1 Å². The van der Waals surface area contributed by atoms with Gasteiger partial charge in [0.05, 0.1) is 10.9 Å². The summed E-state index contributed by atoms with van der Waals surface area (Å²) in [6, 6.07) is 7.94. The fraction of sp³-hybridized carbons (Fsp3) is 0.174. The number of anilines is 2. The maximum absolute atomic E-state index is 15.0. The maximum atomic E-state index is 15.0. The van der Waals surface area contributed by atoms with Gasteiger partial charge < -0.3 is 20.7 Å². The van der Waals surface area contributed by atoms with Gasteiger partial charge in [-0.05, 0) is 31.2 Å². The zero-order chi connectivity index (χ0) is 24.8. The van der Waals surface area contributed by atoms with E-state index in [2.05, 4.69) is 15.3 Å². The van der Waals surface area contributed by atoms with E-state index in [1.54, 1.807) is 24.7 Å². The number of aromatic nitrogens is 3. The van der Waals surface area contributed by atoms with Gasteiger partial charge in [-0.2, -0.15) is 13.2 Å². The summed E-state index contributed by atoms with van der Waals surface area (Å²) in [5.74, 6) is -1.22. The highest BCUT2D eigenvalue weighted by Gasteiger charge is 2.36. The van der Waals surface area contributed by atoms with Gasteiger partial charge in [0, 0.05) is 35.6 Å². The molecule has 4 rings (SSSR count). The molecule has 4 N–H and O–H groups in total. The molecule has 11 heteroatoms. The predicted octanol–water partition coefficient (Wildman–Crippen LogP) is 4.36. The second kappa shape index (κ2) is 8.41. The average Bonchev–Trinajstić information content (AvgIpc) is 3.09. The zero-order valence-corrected chi connectivity index (χ0v) is 18.0. The average molecular weight is 473 g/mol. The molecule has 0 fully saturated rings. The highest BCUT2D eigenvalue weighted by atomic mass is 19.4. The number of carbonyl (C=O) groups is 1. The van der Waals surface area contributed by atoms with Crippen molar-refractivity contribution in [2.24, 2.45) is 7.05 Å². The molecule has 0 saturated carbocycles.